The SMILES string of the molecule is CC(NCC1CC=CCC1)C(C)(C)O. The average molecular weight is 197 g/mol. The van der Waals surface area contributed by atoms with Gasteiger partial charge in [0.1, 0.15) is 0 Å². The first kappa shape index (κ1) is 11.7. The summed E-state index contributed by atoms with van der Waals surface area (Å²) < 4.78 is 0. The van der Waals surface area contributed by atoms with E-state index in [1.54, 1.807) is 0 Å². The van der Waals surface area contributed by atoms with Crippen molar-refractivity contribution in [3.05, 3.63) is 12.2 Å². The Balaban J connectivity index is 2.23. The van der Waals surface area contributed by atoms with Crippen molar-refractivity contribution >= 4 is 0 Å². The van der Waals surface area contributed by atoms with Crippen LogP contribution in [0, 0.1) is 5.92 Å². The number of hydrogen-bond donors (Lipinski definition) is 2. The molecule has 0 heterocycles. The minimum atomic E-state index is -0.621. The Morgan fingerprint density at radius 2 is 2.21 bits per heavy atom. The molecule has 2 nitrogen and oxygen atoms in total. The lowest BCUT2D eigenvalue weighted by atomic mass is 9.93. The van der Waals surface area contributed by atoms with E-state index in [4.69, 9.17) is 0 Å². The molecule has 82 valence electrons. The average Bonchev–Trinajstić information content (AvgIpc) is 2.14. The summed E-state index contributed by atoms with van der Waals surface area (Å²) in [5.41, 5.74) is -0.621. The minimum Gasteiger partial charge on any atom is -0.389 e. The molecule has 0 amide bonds. The molecule has 1 aliphatic rings. The summed E-state index contributed by atoms with van der Waals surface area (Å²) in [5.74, 6) is 0.754. The molecule has 2 N–H and O–H groups in total. The van der Waals surface area contributed by atoms with Gasteiger partial charge in [-0.2, -0.15) is 0 Å². The normalized spacial score (nSPS) is 25.0. The molecule has 1 rings (SSSR count). The van der Waals surface area contributed by atoms with Gasteiger partial charge < -0.3 is 10.4 Å². The highest BCUT2D eigenvalue weighted by Gasteiger charge is 2.22. The van der Waals surface area contributed by atoms with E-state index >= 15 is 0 Å². The third-order valence-electron chi connectivity index (χ3n) is 3.15. The smallest absolute Gasteiger partial charge is 0.0741 e. The molecule has 0 aromatic heterocycles. The predicted molar refractivity (Wildman–Crippen MR) is 60.2 cm³/mol. The van der Waals surface area contributed by atoms with Crippen molar-refractivity contribution in [2.45, 2.75) is 51.7 Å². The van der Waals surface area contributed by atoms with Crippen molar-refractivity contribution in [2.75, 3.05) is 6.54 Å². The molecule has 0 saturated heterocycles. The van der Waals surface area contributed by atoms with E-state index in [0.29, 0.717) is 0 Å². The van der Waals surface area contributed by atoms with Crippen LogP contribution in [0.1, 0.15) is 40.0 Å². The lowest BCUT2D eigenvalue weighted by Crippen LogP contribution is -2.46. The quantitative estimate of drug-likeness (QED) is 0.676. The van der Waals surface area contributed by atoms with Gasteiger partial charge in [0.15, 0.2) is 0 Å². The van der Waals surface area contributed by atoms with Crippen molar-refractivity contribution in [3.63, 3.8) is 0 Å². The summed E-state index contributed by atoms with van der Waals surface area (Å²) >= 11 is 0. The second-order valence-corrected chi connectivity index (χ2v) is 4.93. The second kappa shape index (κ2) is 4.94. The Kier molecular flexibility index (Phi) is 4.14. The number of aliphatic hydroxyl groups is 1. The zero-order chi connectivity index (χ0) is 10.6. The van der Waals surface area contributed by atoms with E-state index in [1.165, 1.54) is 19.3 Å². The monoisotopic (exact) mass is 197 g/mol. The topological polar surface area (TPSA) is 32.3 Å². The van der Waals surface area contributed by atoms with Crippen molar-refractivity contribution in [2.24, 2.45) is 5.92 Å². The van der Waals surface area contributed by atoms with Crippen LogP contribution in [0.2, 0.25) is 0 Å². The molecule has 0 saturated carbocycles. The van der Waals surface area contributed by atoms with Crippen LogP contribution in [-0.2, 0) is 0 Å². The van der Waals surface area contributed by atoms with Crippen LogP contribution in [0.5, 0.6) is 0 Å². The van der Waals surface area contributed by atoms with Gasteiger partial charge in [0.05, 0.1) is 5.60 Å². The lowest BCUT2D eigenvalue weighted by Gasteiger charge is -2.29. The Bertz CT molecular complexity index is 193. The van der Waals surface area contributed by atoms with Crippen LogP contribution in [0.4, 0.5) is 0 Å². The number of hydrogen-bond acceptors (Lipinski definition) is 2. The number of rotatable bonds is 4. The van der Waals surface area contributed by atoms with Gasteiger partial charge in [0.25, 0.3) is 0 Å². The molecule has 0 bridgehead atoms. The summed E-state index contributed by atoms with van der Waals surface area (Å²) in [4.78, 5) is 0. The zero-order valence-electron chi connectivity index (χ0n) is 9.59. The Morgan fingerprint density at radius 1 is 1.50 bits per heavy atom. The third kappa shape index (κ3) is 3.81. The summed E-state index contributed by atoms with van der Waals surface area (Å²) in [6.45, 7) is 6.77. The summed E-state index contributed by atoms with van der Waals surface area (Å²) in [6.07, 6.45) is 8.21. The summed E-state index contributed by atoms with van der Waals surface area (Å²) in [5, 5.41) is 13.1. The Labute approximate surface area is 87.4 Å². The summed E-state index contributed by atoms with van der Waals surface area (Å²) in [6, 6.07) is 0.161. The fourth-order valence-corrected chi connectivity index (χ4v) is 1.63. The standard InChI is InChI=1S/C12H23NO/c1-10(12(2,3)14)13-9-11-7-5-4-6-8-11/h4-5,10-11,13-14H,6-9H2,1-3H3. The van der Waals surface area contributed by atoms with Crippen LogP contribution >= 0.6 is 0 Å². The van der Waals surface area contributed by atoms with Crippen LogP contribution in [-0.4, -0.2) is 23.3 Å². The van der Waals surface area contributed by atoms with Gasteiger partial charge in [-0.1, -0.05) is 12.2 Å². The van der Waals surface area contributed by atoms with Gasteiger partial charge in [-0.3, -0.25) is 0 Å². The second-order valence-electron chi connectivity index (χ2n) is 4.93. The molecule has 0 spiro atoms. The fraction of sp³-hybridized carbons (Fsp3) is 0.833. The molecule has 0 aromatic rings. The van der Waals surface area contributed by atoms with Crippen LogP contribution in [0.25, 0.3) is 0 Å². The number of allylic oxidation sites excluding steroid dienone is 2. The van der Waals surface area contributed by atoms with Gasteiger partial charge in [0, 0.05) is 6.04 Å². The van der Waals surface area contributed by atoms with Gasteiger partial charge in [-0.25, -0.2) is 0 Å². The molecule has 0 fully saturated rings. The highest BCUT2D eigenvalue weighted by molar-refractivity contribution is 4.91. The molecule has 0 radical (unpaired) electrons. The van der Waals surface area contributed by atoms with Crippen molar-refractivity contribution in [1.82, 2.24) is 5.32 Å². The van der Waals surface area contributed by atoms with Crippen molar-refractivity contribution in [3.8, 4) is 0 Å². The van der Waals surface area contributed by atoms with E-state index in [0.717, 1.165) is 12.5 Å². The maximum Gasteiger partial charge on any atom is 0.0741 e. The third-order valence-corrected chi connectivity index (χ3v) is 3.15. The molecule has 0 aliphatic heterocycles. The first-order valence-corrected chi connectivity index (χ1v) is 5.61. The van der Waals surface area contributed by atoms with E-state index < -0.39 is 5.60 Å². The molecular formula is C12H23NO. The number of nitrogens with one attached hydrogen (secondary N) is 1. The van der Waals surface area contributed by atoms with Gasteiger partial charge >= 0.3 is 0 Å². The highest BCUT2D eigenvalue weighted by Crippen LogP contribution is 2.18. The van der Waals surface area contributed by atoms with Crippen molar-refractivity contribution in [1.29, 1.82) is 0 Å². The predicted octanol–water partition coefficient (Wildman–Crippen LogP) is 2.09. The first-order chi connectivity index (χ1) is 6.50. The Hall–Kier alpha value is -0.340. The van der Waals surface area contributed by atoms with Crippen molar-refractivity contribution < 1.29 is 5.11 Å². The first-order valence-electron chi connectivity index (χ1n) is 5.61. The van der Waals surface area contributed by atoms with Gasteiger partial charge in [-0.05, 0) is 52.5 Å². The maximum atomic E-state index is 9.74. The lowest BCUT2D eigenvalue weighted by molar-refractivity contribution is 0.0427. The van der Waals surface area contributed by atoms with E-state index in [2.05, 4.69) is 17.5 Å². The summed E-state index contributed by atoms with van der Waals surface area (Å²) in [7, 11) is 0. The molecule has 14 heavy (non-hydrogen) atoms. The van der Waals surface area contributed by atoms with Crippen LogP contribution in [0.3, 0.4) is 0 Å². The van der Waals surface area contributed by atoms with Crippen LogP contribution < -0.4 is 5.32 Å². The molecule has 0 aromatic carbocycles. The fourth-order valence-electron chi connectivity index (χ4n) is 1.63. The molecule has 2 heteroatoms. The van der Waals surface area contributed by atoms with Gasteiger partial charge in [-0.15, -0.1) is 0 Å². The molecule has 2 unspecified atom stereocenters. The zero-order valence-corrected chi connectivity index (χ0v) is 9.59. The Morgan fingerprint density at radius 3 is 2.71 bits per heavy atom. The molecule has 1 aliphatic carbocycles. The minimum absolute atomic E-state index is 0.161. The maximum absolute atomic E-state index is 9.74. The van der Waals surface area contributed by atoms with Gasteiger partial charge in [0.2, 0.25) is 0 Å². The van der Waals surface area contributed by atoms with E-state index in [9.17, 15) is 5.11 Å². The molecule has 2 atom stereocenters. The van der Waals surface area contributed by atoms with Crippen LogP contribution in [0.15, 0.2) is 12.2 Å². The largest absolute Gasteiger partial charge is 0.389 e. The van der Waals surface area contributed by atoms with E-state index in [1.807, 2.05) is 20.8 Å². The van der Waals surface area contributed by atoms with E-state index in [-0.39, 0.29) is 6.04 Å². The molecular weight excluding hydrogens is 174 g/mol. The highest BCUT2D eigenvalue weighted by atomic mass is 16.3.